The van der Waals surface area contributed by atoms with E-state index in [0.717, 1.165) is 19.0 Å². The fraction of sp³-hybridized carbons (Fsp3) is 0.714. The smallest absolute Gasteiger partial charge is 0.146 e. The maximum absolute atomic E-state index is 5.32. The lowest BCUT2D eigenvalue weighted by Gasteiger charge is -2.22. The van der Waals surface area contributed by atoms with Crippen molar-refractivity contribution in [2.75, 3.05) is 19.8 Å². The molecule has 1 atom stereocenters. The minimum Gasteiger partial charge on any atom is -0.378 e. The number of nitrogens with one attached hydrogen (secondary N) is 1. The second-order valence-corrected chi connectivity index (χ2v) is 2.82. The van der Waals surface area contributed by atoms with E-state index < -0.39 is 0 Å². The van der Waals surface area contributed by atoms with Crippen molar-refractivity contribution < 1.29 is 4.74 Å². The molecule has 1 aliphatic heterocycles. The molecule has 1 fully saturated rings. The summed E-state index contributed by atoms with van der Waals surface area (Å²) in [6.45, 7) is 2.36. The summed E-state index contributed by atoms with van der Waals surface area (Å²) < 4.78 is 7.09. The van der Waals surface area contributed by atoms with Gasteiger partial charge in [0.15, 0.2) is 0 Å². The van der Waals surface area contributed by atoms with E-state index in [9.17, 15) is 0 Å². The van der Waals surface area contributed by atoms with Crippen molar-refractivity contribution in [1.82, 2.24) is 20.1 Å². The fourth-order valence-electron chi connectivity index (χ4n) is 1.35. The van der Waals surface area contributed by atoms with Crippen LogP contribution in [0.4, 0.5) is 0 Å². The third-order valence-electron chi connectivity index (χ3n) is 1.98. The van der Waals surface area contributed by atoms with E-state index in [0.29, 0.717) is 6.61 Å². The maximum Gasteiger partial charge on any atom is 0.146 e. The van der Waals surface area contributed by atoms with Crippen LogP contribution >= 0.6 is 0 Å². The van der Waals surface area contributed by atoms with E-state index in [1.165, 1.54) is 0 Å². The summed E-state index contributed by atoms with van der Waals surface area (Å²) >= 11 is 0. The predicted molar refractivity (Wildman–Crippen MR) is 42.6 cm³/mol. The first-order valence-electron chi connectivity index (χ1n) is 4.03. The molecule has 2 rings (SSSR count). The number of hydrogen-bond acceptors (Lipinski definition) is 4. The highest BCUT2D eigenvalue weighted by Crippen LogP contribution is 2.10. The van der Waals surface area contributed by atoms with Crippen LogP contribution in [0, 0.1) is 0 Å². The van der Waals surface area contributed by atoms with Gasteiger partial charge in [-0.25, -0.2) is 4.98 Å². The summed E-state index contributed by atoms with van der Waals surface area (Å²) in [5.74, 6) is 0.940. The van der Waals surface area contributed by atoms with Crippen LogP contribution in [0.15, 0.2) is 6.33 Å². The second-order valence-electron chi connectivity index (χ2n) is 2.82. The number of morpholine rings is 1. The molecular formula is C7H12N4O. The number of ether oxygens (including phenoxy) is 1. The summed E-state index contributed by atoms with van der Waals surface area (Å²) in [5.41, 5.74) is 0. The molecule has 12 heavy (non-hydrogen) atoms. The van der Waals surface area contributed by atoms with Crippen molar-refractivity contribution in [2.45, 2.75) is 6.04 Å². The lowest BCUT2D eigenvalue weighted by atomic mass is 10.2. The maximum atomic E-state index is 5.32. The van der Waals surface area contributed by atoms with Gasteiger partial charge in [0.2, 0.25) is 0 Å². The zero-order chi connectivity index (χ0) is 8.39. The fourth-order valence-corrected chi connectivity index (χ4v) is 1.35. The van der Waals surface area contributed by atoms with Crippen molar-refractivity contribution in [2.24, 2.45) is 7.05 Å². The molecule has 5 heteroatoms. The minimum atomic E-state index is 0.200. The molecule has 0 aromatic carbocycles. The summed E-state index contributed by atoms with van der Waals surface area (Å²) in [6.07, 6.45) is 1.56. The van der Waals surface area contributed by atoms with Crippen LogP contribution in [0.1, 0.15) is 11.9 Å². The van der Waals surface area contributed by atoms with Crippen molar-refractivity contribution >= 4 is 0 Å². The molecule has 0 aliphatic carbocycles. The highest BCUT2D eigenvalue weighted by molar-refractivity contribution is 4.94. The van der Waals surface area contributed by atoms with Gasteiger partial charge in [-0.1, -0.05) is 0 Å². The molecule has 0 bridgehead atoms. The lowest BCUT2D eigenvalue weighted by Crippen LogP contribution is -2.36. The van der Waals surface area contributed by atoms with Gasteiger partial charge in [-0.05, 0) is 0 Å². The number of rotatable bonds is 1. The molecule has 0 spiro atoms. The van der Waals surface area contributed by atoms with Crippen molar-refractivity contribution in [3.8, 4) is 0 Å². The highest BCUT2D eigenvalue weighted by Gasteiger charge is 2.18. The van der Waals surface area contributed by atoms with Crippen LogP contribution in [0.2, 0.25) is 0 Å². The first kappa shape index (κ1) is 7.70. The molecule has 0 radical (unpaired) electrons. The molecule has 1 aromatic rings. The Morgan fingerprint density at radius 2 is 2.67 bits per heavy atom. The third-order valence-corrected chi connectivity index (χ3v) is 1.98. The molecule has 1 saturated heterocycles. The van der Waals surface area contributed by atoms with Gasteiger partial charge in [0.05, 0.1) is 19.3 Å². The van der Waals surface area contributed by atoms with Crippen LogP contribution in [0.25, 0.3) is 0 Å². The Bertz CT molecular complexity index is 254. The van der Waals surface area contributed by atoms with E-state index in [2.05, 4.69) is 15.4 Å². The molecule has 1 aromatic heterocycles. The van der Waals surface area contributed by atoms with Crippen LogP contribution in [-0.2, 0) is 11.8 Å². The van der Waals surface area contributed by atoms with E-state index >= 15 is 0 Å². The molecule has 1 N–H and O–H groups in total. The van der Waals surface area contributed by atoms with Crippen molar-refractivity contribution in [3.05, 3.63) is 12.2 Å². The Hall–Kier alpha value is -0.940. The molecule has 1 aliphatic rings. The van der Waals surface area contributed by atoms with Crippen molar-refractivity contribution in [3.63, 3.8) is 0 Å². The number of aromatic nitrogens is 3. The molecule has 0 unspecified atom stereocenters. The zero-order valence-electron chi connectivity index (χ0n) is 7.03. The van der Waals surface area contributed by atoms with E-state index in [1.807, 2.05) is 7.05 Å². The highest BCUT2D eigenvalue weighted by atomic mass is 16.5. The summed E-state index contributed by atoms with van der Waals surface area (Å²) in [6, 6.07) is 0.200. The zero-order valence-corrected chi connectivity index (χ0v) is 7.03. The standard InChI is InChI=1S/C7H12N4O/c1-11-7(9-5-10-11)6-4-12-3-2-8-6/h5-6,8H,2-4H2,1H3/t6-/m0/s1. The van der Waals surface area contributed by atoms with Gasteiger partial charge in [0.25, 0.3) is 0 Å². The average molecular weight is 168 g/mol. The number of nitrogens with zero attached hydrogens (tertiary/aromatic N) is 3. The minimum absolute atomic E-state index is 0.200. The van der Waals surface area contributed by atoms with Crippen molar-refractivity contribution in [1.29, 1.82) is 0 Å². The van der Waals surface area contributed by atoms with E-state index in [-0.39, 0.29) is 6.04 Å². The van der Waals surface area contributed by atoms with Gasteiger partial charge >= 0.3 is 0 Å². The first-order chi connectivity index (χ1) is 5.88. The van der Waals surface area contributed by atoms with Gasteiger partial charge in [-0.2, -0.15) is 5.10 Å². The number of aryl methyl sites for hydroxylation is 1. The summed E-state index contributed by atoms with van der Waals surface area (Å²) in [5, 5.41) is 7.32. The van der Waals surface area contributed by atoms with E-state index in [1.54, 1.807) is 11.0 Å². The Labute approximate surface area is 70.7 Å². The first-order valence-corrected chi connectivity index (χ1v) is 4.03. The van der Waals surface area contributed by atoms with Gasteiger partial charge in [0.1, 0.15) is 12.2 Å². The van der Waals surface area contributed by atoms with Gasteiger partial charge in [-0.3, -0.25) is 4.68 Å². The molecular weight excluding hydrogens is 156 g/mol. The average Bonchev–Trinajstić information content (AvgIpc) is 2.53. The Morgan fingerprint density at radius 1 is 1.75 bits per heavy atom. The predicted octanol–water partition coefficient (Wildman–Crippen LogP) is -0.524. The van der Waals surface area contributed by atoms with Gasteiger partial charge in [0, 0.05) is 13.6 Å². The monoisotopic (exact) mass is 168 g/mol. The summed E-state index contributed by atoms with van der Waals surface area (Å²) in [7, 11) is 1.89. The van der Waals surface area contributed by atoms with E-state index in [4.69, 9.17) is 4.74 Å². The SMILES string of the molecule is Cn1ncnc1[C@@H]1COCCN1. The topological polar surface area (TPSA) is 52.0 Å². The Kier molecular flexibility index (Phi) is 2.05. The molecule has 5 nitrogen and oxygen atoms in total. The molecule has 0 amide bonds. The largest absolute Gasteiger partial charge is 0.378 e. The Morgan fingerprint density at radius 3 is 3.25 bits per heavy atom. The third kappa shape index (κ3) is 1.33. The molecule has 66 valence electrons. The van der Waals surface area contributed by atoms with Crippen LogP contribution in [0.5, 0.6) is 0 Å². The lowest BCUT2D eigenvalue weighted by molar-refractivity contribution is 0.0730. The Balaban J connectivity index is 2.13. The second kappa shape index (κ2) is 3.20. The summed E-state index contributed by atoms with van der Waals surface area (Å²) in [4.78, 5) is 4.15. The van der Waals surface area contributed by atoms with Gasteiger partial charge < -0.3 is 10.1 Å². The normalized spacial score (nSPS) is 24.2. The molecule has 2 heterocycles. The van der Waals surface area contributed by atoms with Crippen LogP contribution < -0.4 is 5.32 Å². The molecule has 0 saturated carbocycles. The quantitative estimate of drug-likeness (QED) is 0.613. The number of hydrogen-bond donors (Lipinski definition) is 1. The van der Waals surface area contributed by atoms with Crippen LogP contribution in [-0.4, -0.2) is 34.5 Å². The van der Waals surface area contributed by atoms with Gasteiger partial charge in [-0.15, -0.1) is 0 Å². The van der Waals surface area contributed by atoms with Crippen LogP contribution in [0.3, 0.4) is 0 Å².